The fourth-order valence-electron chi connectivity index (χ4n) is 1.71. The molecule has 8 heteroatoms. The van der Waals surface area contributed by atoms with E-state index in [4.69, 9.17) is 34.8 Å². The summed E-state index contributed by atoms with van der Waals surface area (Å²) in [5, 5.41) is 9.24. The number of benzene rings is 1. The van der Waals surface area contributed by atoms with Gasteiger partial charge in [0.05, 0.1) is 27.4 Å². The lowest BCUT2D eigenvalue weighted by atomic mass is 10.2. The Morgan fingerprint density at radius 2 is 1.85 bits per heavy atom. The van der Waals surface area contributed by atoms with Gasteiger partial charge in [0.25, 0.3) is 0 Å². The van der Waals surface area contributed by atoms with Gasteiger partial charge < -0.3 is 5.32 Å². The second kappa shape index (κ2) is 5.09. The van der Waals surface area contributed by atoms with E-state index < -0.39 is 0 Å². The largest absolute Gasteiger partial charge is 0.320 e. The van der Waals surface area contributed by atoms with E-state index in [1.165, 1.54) is 0 Å². The first-order chi connectivity index (χ1) is 9.54. The maximum absolute atomic E-state index is 6.07. The third-order valence-electron chi connectivity index (χ3n) is 2.73. The van der Waals surface area contributed by atoms with E-state index in [0.717, 1.165) is 5.39 Å². The molecule has 1 N–H and O–H groups in total. The number of rotatable bonds is 2. The van der Waals surface area contributed by atoms with Crippen molar-refractivity contribution in [3.63, 3.8) is 0 Å². The third kappa shape index (κ3) is 2.40. The summed E-state index contributed by atoms with van der Waals surface area (Å²) in [5.74, 6) is 0.408. The van der Waals surface area contributed by atoms with Crippen LogP contribution in [0.25, 0.3) is 10.9 Å². The molecular weight excluding hydrogens is 321 g/mol. The molecular formula is C12H8Cl3N5. The molecule has 3 rings (SSSR count). The van der Waals surface area contributed by atoms with Crippen LogP contribution in [-0.4, -0.2) is 19.7 Å². The van der Waals surface area contributed by atoms with Crippen molar-refractivity contribution >= 4 is 57.3 Å². The number of aromatic nitrogens is 4. The summed E-state index contributed by atoms with van der Waals surface area (Å²) in [6.45, 7) is 0. The number of aryl methyl sites for hydroxylation is 1. The quantitative estimate of drug-likeness (QED) is 0.770. The normalized spacial score (nSPS) is 11.0. The lowest BCUT2D eigenvalue weighted by molar-refractivity contribution is 0.769. The van der Waals surface area contributed by atoms with Gasteiger partial charge in [-0.1, -0.05) is 34.8 Å². The Labute approximate surface area is 129 Å². The summed E-state index contributed by atoms with van der Waals surface area (Å²) in [4.78, 5) is 8.57. The molecule has 0 aliphatic heterocycles. The van der Waals surface area contributed by atoms with Crippen LogP contribution >= 0.6 is 34.8 Å². The fraction of sp³-hybridized carbons (Fsp3) is 0.0833. The maximum atomic E-state index is 6.07. The molecule has 0 atom stereocenters. The molecule has 0 spiro atoms. The first-order valence-corrected chi connectivity index (χ1v) is 6.74. The van der Waals surface area contributed by atoms with Crippen molar-refractivity contribution in [1.82, 2.24) is 19.7 Å². The lowest BCUT2D eigenvalue weighted by Crippen LogP contribution is -1.97. The SMILES string of the molecule is Cn1ncc(Nc2ncc3cc(Cl)c(Cl)cc3n2)c1Cl. The fourth-order valence-corrected chi connectivity index (χ4v) is 2.18. The molecule has 0 fully saturated rings. The van der Waals surface area contributed by atoms with Crippen LogP contribution < -0.4 is 5.32 Å². The van der Waals surface area contributed by atoms with Gasteiger partial charge in [-0.2, -0.15) is 5.10 Å². The average Bonchev–Trinajstić information content (AvgIpc) is 2.72. The average molecular weight is 329 g/mol. The Balaban J connectivity index is 2.00. The van der Waals surface area contributed by atoms with E-state index in [0.29, 0.717) is 32.4 Å². The lowest BCUT2D eigenvalue weighted by Gasteiger charge is -2.05. The Morgan fingerprint density at radius 1 is 1.10 bits per heavy atom. The molecule has 0 bridgehead atoms. The van der Waals surface area contributed by atoms with Crippen molar-refractivity contribution in [2.45, 2.75) is 0 Å². The van der Waals surface area contributed by atoms with Gasteiger partial charge in [-0.05, 0) is 12.1 Å². The first-order valence-electron chi connectivity index (χ1n) is 5.61. The molecule has 3 aromatic rings. The Hall–Kier alpha value is -1.56. The van der Waals surface area contributed by atoms with E-state index in [-0.39, 0.29) is 0 Å². The van der Waals surface area contributed by atoms with Crippen LogP contribution in [0.3, 0.4) is 0 Å². The third-order valence-corrected chi connectivity index (χ3v) is 3.91. The van der Waals surface area contributed by atoms with Gasteiger partial charge in [-0.25, -0.2) is 9.97 Å². The molecule has 0 saturated heterocycles. The summed E-state index contributed by atoms with van der Waals surface area (Å²) in [6, 6.07) is 3.41. The van der Waals surface area contributed by atoms with E-state index in [1.807, 2.05) is 0 Å². The molecule has 2 heterocycles. The molecule has 102 valence electrons. The predicted molar refractivity (Wildman–Crippen MR) is 81.1 cm³/mol. The monoisotopic (exact) mass is 327 g/mol. The van der Waals surface area contributed by atoms with Crippen molar-refractivity contribution in [2.24, 2.45) is 7.05 Å². The molecule has 0 aliphatic carbocycles. The number of halogens is 3. The minimum Gasteiger partial charge on any atom is -0.320 e. The zero-order valence-electron chi connectivity index (χ0n) is 10.2. The van der Waals surface area contributed by atoms with Crippen molar-refractivity contribution in [3.8, 4) is 0 Å². The van der Waals surface area contributed by atoms with E-state index in [1.54, 1.807) is 36.3 Å². The number of nitrogens with zero attached hydrogens (tertiary/aromatic N) is 4. The summed E-state index contributed by atoms with van der Waals surface area (Å²) >= 11 is 18.0. The van der Waals surface area contributed by atoms with Crippen LogP contribution in [0.5, 0.6) is 0 Å². The molecule has 2 aromatic heterocycles. The highest BCUT2D eigenvalue weighted by Gasteiger charge is 2.09. The number of hydrogen-bond donors (Lipinski definition) is 1. The molecule has 5 nitrogen and oxygen atoms in total. The Kier molecular flexibility index (Phi) is 3.41. The number of fused-ring (bicyclic) bond motifs is 1. The highest BCUT2D eigenvalue weighted by Crippen LogP contribution is 2.28. The van der Waals surface area contributed by atoms with Crippen molar-refractivity contribution in [1.29, 1.82) is 0 Å². The van der Waals surface area contributed by atoms with Gasteiger partial charge in [0.2, 0.25) is 5.95 Å². The van der Waals surface area contributed by atoms with Gasteiger partial charge in [0.15, 0.2) is 0 Å². The van der Waals surface area contributed by atoms with E-state index in [9.17, 15) is 0 Å². The second-order valence-electron chi connectivity index (χ2n) is 4.12. The molecule has 0 aliphatic rings. The van der Waals surface area contributed by atoms with Gasteiger partial charge in [0.1, 0.15) is 5.15 Å². The van der Waals surface area contributed by atoms with Crippen molar-refractivity contribution in [3.05, 3.63) is 39.7 Å². The predicted octanol–water partition coefficient (Wildman–Crippen LogP) is 4.07. The van der Waals surface area contributed by atoms with Gasteiger partial charge in [-0.3, -0.25) is 4.68 Å². The van der Waals surface area contributed by atoms with Crippen LogP contribution in [-0.2, 0) is 7.05 Å². The summed E-state index contributed by atoms with van der Waals surface area (Å²) in [7, 11) is 1.75. The molecule has 0 unspecified atom stereocenters. The topological polar surface area (TPSA) is 55.6 Å². The number of nitrogens with one attached hydrogen (secondary N) is 1. The van der Waals surface area contributed by atoms with Crippen LogP contribution in [0.2, 0.25) is 15.2 Å². The highest BCUT2D eigenvalue weighted by atomic mass is 35.5. The Bertz CT molecular complexity index is 799. The van der Waals surface area contributed by atoms with E-state index in [2.05, 4.69) is 20.4 Å². The Morgan fingerprint density at radius 3 is 2.55 bits per heavy atom. The molecule has 0 saturated carbocycles. The highest BCUT2D eigenvalue weighted by molar-refractivity contribution is 6.42. The zero-order chi connectivity index (χ0) is 14.3. The molecule has 20 heavy (non-hydrogen) atoms. The van der Waals surface area contributed by atoms with Crippen LogP contribution in [0, 0.1) is 0 Å². The first kappa shape index (κ1) is 13.4. The van der Waals surface area contributed by atoms with E-state index >= 15 is 0 Å². The summed E-state index contributed by atoms with van der Waals surface area (Å²) < 4.78 is 1.54. The van der Waals surface area contributed by atoms with Crippen LogP contribution in [0.15, 0.2) is 24.5 Å². The second-order valence-corrected chi connectivity index (χ2v) is 5.29. The van der Waals surface area contributed by atoms with Crippen LogP contribution in [0.1, 0.15) is 0 Å². The summed E-state index contributed by atoms with van der Waals surface area (Å²) in [5.41, 5.74) is 1.32. The van der Waals surface area contributed by atoms with Gasteiger partial charge in [-0.15, -0.1) is 0 Å². The maximum Gasteiger partial charge on any atom is 0.227 e. The van der Waals surface area contributed by atoms with Crippen molar-refractivity contribution in [2.75, 3.05) is 5.32 Å². The molecule has 0 amide bonds. The summed E-state index contributed by atoms with van der Waals surface area (Å²) in [6.07, 6.45) is 3.27. The van der Waals surface area contributed by atoms with Crippen LogP contribution in [0.4, 0.5) is 11.6 Å². The zero-order valence-corrected chi connectivity index (χ0v) is 12.5. The van der Waals surface area contributed by atoms with Gasteiger partial charge >= 0.3 is 0 Å². The molecule has 0 radical (unpaired) electrons. The number of anilines is 2. The van der Waals surface area contributed by atoms with Crippen molar-refractivity contribution < 1.29 is 0 Å². The minimum atomic E-state index is 0.408. The number of hydrogen-bond acceptors (Lipinski definition) is 4. The smallest absolute Gasteiger partial charge is 0.227 e. The van der Waals surface area contributed by atoms with Gasteiger partial charge in [0, 0.05) is 18.6 Å². The minimum absolute atomic E-state index is 0.408. The standard InChI is InChI=1S/C12H8Cl3N5/c1-20-11(15)10(5-17-20)19-12-16-4-6-2-7(13)8(14)3-9(6)18-12/h2-5H,1H3,(H,16,18,19). The molecule has 1 aromatic carbocycles.